The van der Waals surface area contributed by atoms with Gasteiger partial charge in [-0.2, -0.15) is 0 Å². The van der Waals surface area contributed by atoms with E-state index in [9.17, 15) is 0 Å². The van der Waals surface area contributed by atoms with Crippen molar-refractivity contribution >= 4 is 45.5 Å². The number of ether oxygens (including phenoxy) is 6. The standard InChI is InChI=1S/C66H50N2O6S/c1-69-63-64(70-2)66(48-25-29-50(30-26-48)68(53-35-43-61(44-36-53)73-57-19-11-5-12-20-57)54-37-45-62(46-38-54)74-58-21-13-6-14-22-58)75-65(63)47-23-27-49(28-24-47)67(51-31-39-59(40-32-51)71-55-15-7-3-8-16-55)52-33-41-60(42-34-52)72-56-17-9-4-10-18-56/h3-46H,1-2H3. The summed E-state index contributed by atoms with van der Waals surface area (Å²) in [5.74, 6) is 7.43. The van der Waals surface area contributed by atoms with Gasteiger partial charge in [0.15, 0.2) is 11.5 Å². The highest BCUT2D eigenvalue weighted by Gasteiger charge is 2.24. The Labute approximate surface area is 441 Å². The predicted octanol–water partition coefficient (Wildman–Crippen LogP) is 19.2. The van der Waals surface area contributed by atoms with Gasteiger partial charge in [0.1, 0.15) is 46.0 Å². The van der Waals surface area contributed by atoms with E-state index in [0.29, 0.717) is 11.5 Å². The van der Waals surface area contributed by atoms with Crippen LogP contribution < -0.4 is 38.2 Å². The Balaban J connectivity index is 0.890. The second-order valence-corrected chi connectivity index (χ2v) is 18.2. The smallest absolute Gasteiger partial charge is 0.180 e. The van der Waals surface area contributed by atoms with Crippen LogP contribution in [0.25, 0.3) is 20.9 Å². The molecule has 0 bridgehead atoms. The number of thiophene rings is 1. The highest BCUT2D eigenvalue weighted by atomic mass is 32.1. The molecule has 9 heteroatoms. The Bertz CT molecular complexity index is 3150. The first-order valence-corrected chi connectivity index (χ1v) is 25.2. The van der Waals surface area contributed by atoms with Gasteiger partial charge < -0.3 is 38.2 Å². The van der Waals surface area contributed by atoms with Crippen molar-refractivity contribution in [3.8, 4) is 78.4 Å². The molecule has 0 spiro atoms. The molecule has 1 heterocycles. The van der Waals surface area contributed by atoms with E-state index in [2.05, 4.69) is 107 Å². The fourth-order valence-electron chi connectivity index (χ4n) is 8.72. The lowest BCUT2D eigenvalue weighted by Crippen LogP contribution is -2.09. The lowest BCUT2D eigenvalue weighted by molar-refractivity contribution is 0.360. The van der Waals surface area contributed by atoms with Gasteiger partial charge in [0, 0.05) is 34.1 Å². The van der Waals surface area contributed by atoms with Gasteiger partial charge in [-0.1, -0.05) is 97.1 Å². The SMILES string of the molecule is COc1c(-c2ccc(N(c3ccc(Oc4ccccc4)cc3)c3ccc(Oc4ccccc4)cc3)cc2)sc(-c2ccc(N(c3ccc(Oc4ccccc4)cc3)c3ccc(Oc4ccccc4)cc3)cc2)c1OC. The van der Waals surface area contributed by atoms with Gasteiger partial charge in [-0.05, 0) is 181 Å². The Morgan fingerprint density at radius 3 is 0.653 bits per heavy atom. The van der Waals surface area contributed by atoms with E-state index in [1.54, 1.807) is 25.6 Å². The van der Waals surface area contributed by atoms with Crippen LogP contribution in [0.1, 0.15) is 0 Å². The fourth-order valence-corrected chi connectivity index (χ4v) is 9.97. The first-order chi connectivity index (χ1) is 37.0. The molecular formula is C66H50N2O6S. The molecule has 0 saturated heterocycles. The molecule has 10 aromatic carbocycles. The minimum Gasteiger partial charge on any atom is -0.491 e. The molecule has 8 nitrogen and oxygen atoms in total. The first kappa shape index (κ1) is 47.6. The molecule has 366 valence electrons. The predicted molar refractivity (Wildman–Crippen MR) is 304 cm³/mol. The minimum absolute atomic E-state index is 0.673. The molecule has 0 radical (unpaired) electrons. The van der Waals surface area contributed by atoms with Crippen molar-refractivity contribution in [1.29, 1.82) is 0 Å². The van der Waals surface area contributed by atoms with E-state index in [-0.39, 0.29) is 0 Å². The van der Waals surface area contributed by atoms with Crippen LogP contribution in [0, 0.1) is 0 Å². The fraction of sp³-hybridized carbons (Fsp3) is 0.0303. The average molecular weight is 999 g/mol. The topological polar surface area (TPSA) is 61.9 Å². The third kappa shape index (κ3) is 11.0. The Hall–Kier alpha value is -9.70. The molecule has 0 aliphatic heterocycles. The zero-order valence-corrected chi connectivity index (χ0v) is 42.0. The lowest BCUT2D eigenvalue weighted by atomic mass is 10.1. The van der Waals surface area contributed by atoms with Gasteiger partial charge in [0.2, 0.25) is 0 Å². The lowest BCUT2D eigenvalue weighted by Gasteiger charge is -2.26. The summed E-state index contributed by atoms with van der Waals surface area (Å²) in [6.45, 7) is 0. The molecule has 0 saturated carbocycles. The maximum atomic E-state index is 6.16. The number of hydrogen-bond donors (Lipinski definition) is 0. The summed E-state index contributed by atoms with van der Waals surface area (Å²) in [5, 5.41) is 0. The number of anilines is 6. The van der Waals surface area contributed by atoms with Crippen molar-refractivity contribution in [2.24, 2.45) is 0 Å². The molecule has 11 rings (SSSR count). The van der Waals surface area contributed by atoms with Crippen molar-refractivity contribution in [3.05, 3.63) is 267 Å². The molecule has 0 aliphatic rings. The summed E-state index contributed by atoms with van der Waals surface area (Å²) in [5.41, 5.74) is 7.76. The van der Waals surface area contributed by atoms with E-state index in [1.165, 1.54) is 0 Å². The van der Waals surface area contributed by atoms with Crippen LogP contribution >= 0.6 is 11.3 Å². The Morgan fingerprint density at radius 2 is 0.440 bits per heavy atom. The van der Waals surface area contributed by atoms with Crippen LogP contribution in [0.15, 0.2) is 267 Å². The highest BCUT2D eigenvalue weighted by Crippen LogP contribution is 2.53. The van der Waals surface area contributed by atoms with Gasteiger partial charge in [0.05, 0.1) is 24.0 Å². The number of benzene rings is 10. The summed E-state index contributed by atoms with van der Waals surface area (Å²) in [6.07, 6.45) is 0. The molecule has 0 atom stereocenters. The summed E-state index contributed by atoms with van der Waals surface area (Å²) < 4.78 is 36.9. The molecule has 0 N–H and O–H groups in total. The van der Waals surface area contributed by atoms with Crippen molar-refractivity contribution < 1.29 is 28.4 Å². The second-order valence-electron chi connectivity index (χ2n) is 17.2. The maximum Gasteiger partial charge on any atom is 0.180 e. The van der Waals surface area contributed by atoms with Crippen molar-refractivity contribution in [3.63, 3.8) is 0 Å². The van der Waals surface area contributed by atoms with Crippen LogP contribution in [-0.2, 0) is 0 Å². The first-order valence-electron chi connectivity index (χ1n) is 24.4. The molecule has 11 aromatic rings. The van der Waals surface area contributed by atoms with Crippen molar-refractivity contribution in [2.45, 2.75) is 0 Å². The number of para-hydroxylation sites is 4. The molecule has 0 unspecified atom stereocenters. The number of rotatable bonds is 18. The summed E-state index contributed by atoms with van der Waals surface area (Å²) >= 11 is 1.63. The zero-order valence-electron chi connectivity index (χ0n) is 41.2. The van der Waals surface area contributed by atoms with Gasteiger partial charge in [0.25, 0.3) is 0 Å². The zero-order chi connectivity index (χ0) is 50.8. The Kier molecular flexibility index (Phi) is 14.2. The van der Waals surface area contributed by atoms with Crippen LogP contribution in [0.2, 0.25) is 0 Å². The molecular weight excluding hydrogens is 949 g/mol. The normalized spacial score (nSPS) is 10.8. The molecule has 0 amide bonds. The van der Waals surface area contributed by atoms with E-state index in [4.69, 9.17) is 28.4 Å². The summed E-state index contributed by atoms with van der Waals surface area (Å²) in [4.78, 5) is 6.33. The van der Waals surface area contributed by atoms with E-state index >= 15 is 0 Å². The van der Waals surface area contributed by atoms with Crippen LogP contribution in [0.4, 0.5) is 34.1 Å². The van der Waals surface area contributed by atoms with E-state index < -0.39 is 0 Å². The maximum absolute atomic E-state index is 6.16. The van der Waals surface area contributed by atoms with E-state index in [1.807, 2.05) is 170 Å². The molecule has 75 heavy (non-hydrogen) atoms. The third-order valence-corrected chi connectivity index (χ3v) is 13.6. The van der Waals surface area contributed by atoms with Crippen molar-refractivity contribution in [2.75, 3.05) is 24.0 Å². The quantitative estimate of drug-likeness (QED) is 0.0843. The van der Waals surface area contributed by atoms with E-state index in [0.717, 1.165) is 101 Å². The van der Waals surface area contributed by atoms with Crippen LogP contribution in [0.5, 0.6) is 57.5 Å². The largest absolute Gasteiger partial charge is 0.491 e. The number of methoxy groups -OCH3 is 2. The third-order valence-electron chi connectivity index (χ3n) is 12.3. The van der Waals surface area contributed by atoms with Gasteiger partial charge >= 0.3 is 0 Å². The van der Waals surface area contributed by atoms with Gasteiger partial charge in [-0.25, -0.2) is 0 Å². The molecule has 0 aliphatic carbocycles. The second kappa shape index (κ2) is 22.4. The average Bonchev–Trinajstić information content (AvgIpc) is 3.86. The van der Waals surface area contributed by atoms with Crippen molar-refractivity contribution in [1.82, 2.24) is 0 Å². The van der Waals surface area contributed by atoms with Gasteiger partial charge in [-0.3, -0.25) is 0 Å². The molecule has 1 aromatic heterocycles. The van der Waals surface area contributed by atoms with Crippen LogP contribution in [0.3, 0.4) is 0 Å². The number of nitrogens with zero attached hydrogens (tertiary/aromatic N) is 2. The van der Waals surface area contributed by atoms with Crippen LogP contribution in [-0.4, -0.2) is 14.2 Å². The number of hydrogen-bond acceptors (Lipinski definition) is 9. The monoisotopic (exact) mass is 998 g/mol. The Morgan fingerprint density at radius 1 is 0.240 bits per heavy atom. The molecule has 0 fully saturated rings. The summed E-state index contributed by atoms with van der Waals surface area (Å²) in [6, 6.07) is 88.7. The highest BCUT2D eigenvalue weighted by molar-refractivity contribution is 7.19. The minimum atomic E-state index is 0.673. The van der Waals surface area contributed by atoms with Gasteiger partial charge in [-0.15, -0.1) is 11.3 Å². The summed E-state index contributed by atoms with van der Waals surface area (Å²) in [7, 11) is 3.38.